The van der Waals surface area contributed by atoms with Crippen LogP contribution in [0.15, 0.2) is 10.6 Å². The minimum absolute atomic E-state index is 0.270. The van der Waals surface area contributed by atoms with Crippen LogP contribution in [-0.2, 0) is 6.42 Å². The first-order chi connectivity index (χ1) is 8.70. The smallest absolute Gasteiger partial charge is 0.336 e. The van der Waals surface area contributed by atoms with Gasteiger partial charge in [0.2, 0.25) is 0 Å². The second kappa shape index (κ2) is 4.08. The summed E-state index contributed by atoms with van der Waals surface area (Å²) in [6.07, 6.45) is 3.77. The summed E-state index contributed by atoms with van der Waals surface area (Å²) in [5.74, 6) is -0.590. The minimum atomic E-state index is -0.940. The van der Waals surface area contributed by atoms with Crippen molar-refractivity contribution in [2.75, 3.05) is 0 Å². The largest absolute Gasteiger partial charge is 0.478 e. The predicted octanol–water partition coefficient (Wildman–Crippen LogP) is 2.75. The van der Waals surface area contributed by atoms with Gasteiger partial charge in [0.1, 0.15) is 0 Å². The lowest BCUT2D eigenvalue weighted by Gasteiger charge is -2.02. The maximum atomic E-state index is 11.4. The monoisotopic (exact) mass is 246 g/mol. The molecule has 0 amide bonds. The summed E-state index contributed by atoms with van der Waals surface area (Å²) in [5.41, 5.74) is 2.14. The lowest BCUT2D eigenvalue weighted by molar-refractivity contribution is 0.0698. The van der Waals surface area contributed by atoms with E-state index in [4.69, 9.17) is 4.52 Å². The van der Waals surface area contributed by atoms with Crippen molar-refractivity contribution in [3.8, 4) is 0 Å². The van der Waals surface area contributed by atoms with Crippen molar-refractivity contribution in [3.63, 3.8) is 0 Å². The Kier molecular flexibility index (Phi) is 2.54. The molecule has 0 aliphatic heterocycles. The second-order valence-electron chi connectivity index (χ2n) is 4.74. The number of aryl methyl sites for hydroxylation is 1. The molecular formula is C13H14N2O3. The number of fused-ring (bicyclic) bond motifs is 1. The van der Waals surface area contributed by atoms with Gasteiger partial charge in [-0.25, -0.2) is 9.78 Å². The van der Waals surface area contributed by atoms with Gasteiger partial charge in [-0.1, -0.05) is 18.5 Å². The number of carboxylic acids is 1. The van der Waals surface area contributed by atoms with E-state index in [1.165, 1.54) is 0 Å². The van der Waals surface area contributed by atoms with Gasteiger partial charge in [0, 0.05) is 11.6 Å². The molecule has 2 aromatic heterocycles. The van der Waals surface area contributed by atoms with E-state index in [1.54, 1.807) is 6.07 Å². The summed E-state index contributed by atoms with van der Waals surface area (Å²) in [6.45, 7) is 2.03. The highest BCUT2D eigenvalue weighted by Crippen LogP contribution is 2.43. The zero-order valence-electron chi connectivity index (χ0n) is 10.1. The summed E-state index contributed by atoms with van der Waals surface area (Å²) in [7, 11) is 0. The lowest BCUT2D eigenvalue weighted by Crippen LogP contribution is -2.02. The van der Waals surface area contributed by atoms with Crippen molar-refractivity contribution < 1.29 is 14.4 Å². The molecule has 1 fully saturated rings. The number of carboxylic acid groups (broad SMARTS) is 1. The molecule has 1 aliphatic rings. The quantitative estimate of drug-likeness (QED) is 0.897. The van der Waals surface area contributed by atoms with Gasteiger partial charge in [-0.3, -0.25) is 0 Å². The lowest BCUT2D eigenvalue weighted by atomic mass is 10.1. The molecule has 5 nitrogen and oxygen atoms in total. The fraction of sp³-hybridized carbons (Fsp3) is 0.462. The maximum absolute atomic E-state index is 11.4. The topological polar surface area (TPSA) is 76.2 Å². The number of aromatic nitrogens is 2. The zero-order chi connectivity index (χ0) is 12.7. The molecular weight excluding hydrogens is 232 g/mol. The predicted molar refractivity (Wildman–Crippen MR) is 64.7 cm³/mol. The van der Waals surface area contributed by atoms with Gasteiger partial charge in [-0.15, -0.1) is 0 Å². The second-order valence-corrected chi connectivity index (χ2v) is 4.74. The maximum Gasteiger partial charge on any atom is 0.336 e. The van der Waals surface area contributed by atoms with Gasteiger partial charge in [0.05, 0.1) is 16.6 Å². The first-order valence-corrected chi connectivity index (χ1v) is 6.23. The van der Waals surface area contributed by atoms with E-state index in [1.807, 2.05) is 6.92 Å². The molecule has 0 atom stereocenters. The molecule has 94 valence electrons. The number of aromatic carboxylic acids is 1. The van der Waals surface area contributed by atoms with Crippen LogP contribution in [0.1, 0.15) is 53.8 Å². The summed E-state index contributed by atoms with van der Waals surface area (Å²) in [6, 6.07) is 1.65. The number of pyridine rings is 1. The van der Waals surface area contributed by atoms with Crippen molar-refractivity contribution in [1.29, 1.82) is 0 Å². The highest BCUT2D eigenvalue weighted by atomic mass is 16.5. The summed E-state index contributed by atoms with van der Waals surface area (Å²) >= 11 is 0. The molecule has 0 saturated heterocycles. The van der Waals surface area contributed by atoms with Gasteiger partial charge in [-0.2, -0.15) is 0 Å². The van der Waals surface area contributed by atoms with Crippen molar-refractivity contribution in [3.05, 3.63) is 23.0 Å². The molecule has 2 aromatic rings. The Labute approximate surface area is 104 Å². The average Bonchev–Trinajstić information content (AvgIpc) is 3.09. The minimum Gasteiger partial charge on any atom is -0.478 e. The van der Waals surface area contributed by atoms with Crippen LogP contribution in [0, 0.1) is 0 Å². The highest BCUT2D eigenvalue weighted by molar-refractivity contribution is 6.02. The van der Waals surface area contributed by atoms with Crippen molar-refractivity contribution in [1.82, 2.24) is 10.1 Å². The van der Waals surface area contributed by atoms with Crippen molar-refractivity contribution in [2.24, 2.45) is 0 Å². The van der Waals surface area contributed by atoms with Gasteiger partial charge in [0.25, 0.3) is 5.71 Å². The van der Waals surface area contributed by atoms with Crippen LogP contribution < -0.4 is 0 Å². The molecule has 1 aliphatic carbocycles. The average molecular weight is 246 g/mol. The van der Waals surface area contributed by atoms with Crippen LogP contribution in [0.3, 0.4) is 0 Å². The Hall–Kier alpha value is -1.91. The molecule has 0 bridgehead atoms. The first kappa shape index (κ1) is 11.2. The van der Waals surface area contributed by atoms with E-state index in [0.29, 0.717) is 17.0 Å². The Balaban J connectivity index is 2.22. The van der Waals surface area contributed by atoms with Crippen molar-refractivity contribution in [2.45, 2.75) is 38.5 Å². The fourth-order valence-electron chi connectivity index (χ4n) is 2.21. The van der Waals surface area contributed by atoms with Gasteiger partial charge < -0.3 is 9.63 Å². The van der Waals surface area contributed by atoms with Crippen molar-refractivity contribution >= 4 is 17.1 Å². The molecule has 1 saturated carbocycles. The Morgan fingerprint density at radius 2 is 2.33 bits per heavy atom. The zero-order valence-corrected chi connectivity index (χ0v) is 10.1. The molecule has 5 heteroatoms. The van der Waals surface area contributed by atoms with E-state index in [2.05, 4.69) is 10.1 Å². The summed E-state index contributed by atoms with van der Waals surface area (Å²) < 4.78 is 5.20. The van der Waals surface area contributed by atoms with E-state index >= 15 is 0 Å². The molecule has 3 rings (SSSR count). The van der Waals surface area contributed by atoms with Crippen LogP contribution in [0.2, 0.25) is 0 Å². The van der Waals surface area contributed by atoms with Crippen LogP contribution in [0.4, 0.5) is 0 Å². The third kappa shape index (κ3) is 1.75. The summed E-state index contributed by atoms with van der Waals surface area (Å²) in [4.78, 5) is 15.7. The van der Waals surface area contributed by atoms with Gasteiger partial charge >= 0.3 is 5.97 Å². The van der Waals surface area contributed by atoms with Crippen LogP contribution >= 0.6 is 0 Å². The molecule has 0 spiro atoms. The molecule has 0 aromatic carbocycles. The SMILES string of the molecule is CCCc1cc(C(=O)O)c2c(C3CC3)noc2n1. The normalized spacial score (nSPS) is 15.2. The Bertz CT molecular complexity index is 614. The van der Waals surface area contributed by atoms with Crippen LogP contribution in [-0.4, -0.2) is 21.2 Å². The van der Waals surface area contributed by atoms with Gasteiger partial charge in [0.15, 0.2) is 0 Å². The van der Waals surface area contributed by atoms with E-state index in [9.17, 15) is 9.90 Å². The van der Waals surface area contributed by atoms with E-state index in [0.717, 1.165) is 37.1 Å². The van der Waals surface area contributed by atoms with Crippen LogP contribution in [0.25, 0.3) is 11.1 Å². The Morgan fingerprint density at radius 1 is 1.56 bits per heavy atom. The highest BCUT2D eigenvalue weighted by Gasteiger charge is 2.31. The molecule has 18 heavy (non-hydrogen) atoms. The fourth-order valence-corrected chi connectivity index (χ4v) is 2.21. The number of nitrogens with zero attached hydrogens (tertiary/aromatic N) is 2. The number of carbonyl (C=O) groups is 1. The standard InChI is InChI=1S/C13H14N2O3/c1-2-3-8-6-9(13(16)17)10-11(7-4-5-7)15-18-12(10)14-8/h6-7H,2-5H2,1H3,(H,16,17). The molecule has 0 radical (unpaired) electrons. The molecule has 2 heterocycles. The third-order valence-electron chi connectivity index (χ3n) is 3.23. The number of rotatable bonds is 4. The number of hydrogen-bond donors (Lipinski definition) is 1. The third-order valence-corrected chi connectivity index (χ3v) is 3.23. The first-order valence-electron chi connectivity index (χ1n) is 6.23. The van der Waals surface area contributed by atoms with Gasteiger partial charge in [-0.05, 0) is 25.3 Å². The Morgan fingerprint density at radius 3 is 2.94 bits per heavy atom. The van der Waals surface area contributed by atoms with Crippen LogP contribution in [0.5, 0.6) is 0 Å². The summed E-state index contributed by atoms with van der Waals surface area (Å²) in [5, 5.41) is 13.9. The number of hydrogen-bond acceptors (Lipinski definition) is 4. The molecule has 1 N–H and O–H groups in total. The van der Waals surface area contributed by atoms with E-state index in [-0.39, 0.29) is 5.56 Å². The van der Waals surface area contributed by atoms with E-state index < -0.39 is 5.97 Å². The molecule has 0 unspecified atom stereocenters.